The van der Waals surface area contributed by atoms with Crippen molar-refractivity contribution in [2.75, 3.05) is 11.9 Å². The lowest BCUT2D eigenvalue weighted by molar-refractivity contribution is 0.270. The molecule has 3 unspecified atom stereocenters. The lowest BCUT2D eigenvalue weighted by Crippen LogP contribution is -2.29. The maximum atomic E-state index is 6.25. The third-order valence-corrected chi connectivity index (χ3v) is 5.37. The molecule has 3 heteroatoms. The van der Waals surface area contributed by atoms with Crippen LogP contribution in [-0.4, -0.2) is 6.61 Å². The van der Waals surface area contributed by atoms with E-state index < -0.39 is 0 Å². The van der Waals surface area contributed by atoms with Crippen LogP contribution in [-0.2, 0) is 0 Å². The van der Waals surface area contributed by atoms with Crippen LogP contribution in [0.1, 0.15) is 43.4 Å². The van der Waals surface area contributed by atoms with Gasteiger partial charge in [-0.15, -0.1) is 0 Å². The van der Waals surface area contributed by atoms with E-state index in [-0.39, 0.29) is 6.04 Å². The molecule has 25 heavy (non-hydrogen) atoms. The van der Waals surface area contributed by atoms with Crippen LogP contribution in [0.4, 0.5) is 5.69 Å². The number of ether oxygens (including phenoxy) is 1. The first kappa shape index (κ1) is 16.5. The van der Waals surface area contributed by atoms with Gasteiger partial charge in [-0.05, 0) is 47.6 Å². The summed E-state index contributed by atoms with van der Waals surface area (Å²) in [5.41, 5.74) is 3.73. The molecular weight excluding hydrogens is 330 g/mol. The molecule has 0 saturated carbocycles. The third-order valence-electron chi connectivity index (χ3n) is 5.14. The van der Waals surface area contributed by atoms with E-state index in [0.29, 0.717) is 17.8 Å². The summed E-state index contributed by atoms with van der Waals surface area (Å²) in [5.74, 6) is 2.41. The van der Waals surface area contributed by atoms with Gasteiger partial charge in [-0.25, -0.2) is 0 Å². The first-order valence-electron chi connectivity index (χ1n) is 9.08. The molecule has 0 amide bonds. The second-order valence-electron chi connectivity index (χ2n) is 7.46. The Kier molecular flexibility index (Phi) is 4.47. The summed E-state index contributed by atoms with van der Waals surface area (Å²) in [5, 5.41) is 4.57. The van der Waals surface area contributed by atoms with E-state index in [9.17, 15) is 0 Å². The number of halogens is 1. The largest absolute Gasteiger partial charge is 0.491 e. The van der Waals surface area contributed by atoms with E-state index in [2.05, 4.69) is 61.6 Å². The Morgan fingerprint density at radius 3 is 2.84 bits per heavy atom. The van der Waals surface area contributed by atoms with Gasteiger partial charge in [0.1, 0.15) is 5.75 Å². The van der Waals surface area contributed by atoms with Crippen LogP contribution in [0.25, 0.3) is 0 Å². The Hall–Kier alpha value is -1.93. The molecule has 0 fully saturated rings. The number of benzene rings is 2. The first-order valence-corrected chi connectivity index (χ1v) is 9.45. The lowest BCUT2D eigenvalue weighted by atomic mass is 9.77. The predicted octanol–water partition coefficient (Wildman–Crippen LogP) is 6.20. The molecule has 0 spiro atoms. The van der Waals surface area contributed by atoms with Gasteiger partial charge in [-0.2, -0.15) is 0 Å². The van der Waals surface area contributed by atoms with Crippen molar-refractivity contribution in [2.45, 2.75) is 32.2 Å². The van der Waals surface area contributed by atoms with E-state index in [1.54, 1.807) is 0 Å². The minimum absolute atomic E-state index is 0.245. The summed E-state index contributed by atoms with van der Waals surface area (Å²) in [6.07, 6.45) is 5.75. The number of allylic oxidation sites excluding steroid dienone is 2. The maximum Gasteiger partial charge on any atom is 0.142 e. The number of nitrogens with one attached hydrogen (secondary N) is 1. The summed E-state index contributed by atoms with van der Waals surface area (Å²) >= 11 is 6.25. The van der Waals surface area contributed by atoms with E-state index in [0.717, 1.165) is 29.5 Å². The molecule has 4 rings (SSSR count). The molecule has 2 aromatic carbocycles. The summed E-state index contributed by atoms with van der Waals surface area (Å²) in [7, 11) is 0. The van der Waals surface area contributed by atoms with Crippen LogP contribution >= 0.6 is 11.6 Å². The summed E-state index contributed by atoms with van der Waals surface area (Å²) in [6, 6.07) is 14.9. The molecule has 1 aliphatic heterocycles. The van der Waals surface area contributed by atoms with Crippen molar-refractivity contribution in [3.63, 3.8) is 0 Å². The molecule has 0 bridgehead atoms. The predicted molar refractivity (Wildman–Crippen MR) is 105 cm³/mol. The van der Waals surface area contributed by atoms with Gasteiger partial charge >= 0.3 is 0 Å². The van der Waals surface area contributed by atoms with Gasteiger partial charge < -0.3 is 10.1 Å². The highest BCUT2D eigenvalue weighted by molar-refractivity contribution is 6.30. The quantitative estimate of drug-likeness (QED) is 0.660. The van der Waals surface area contributed by atoms with Crippen molar-refractivity contribution in [3.05, 3.63) is 70.8 Å². The molecule has 130 valence electrons. The van der Waals surface area contributed by atoms with Crippen LogP contribution in [0, 0.1) is 11.8 Å². The van der Waals surface area contributed by atoms with E-state index in [4.69, 9.17) is 16.3 Å². The fourth-order valence-electron chi connectivity index (χ4n) is 4.00. The van der Waals surface area contributed by atoms with Gasteiger partial charge in [-0.1, -0.05) is 61.9 Å². The van der Waals surface area contributed by atoms with Gasteiger partial charge in [0, 0.05) is 10.9 Å². The van der Waals surface area contributed by atoms with Gasteiger partial charge in [0.25, 0.3) is 0 Å². The third kappa shape index (κ3) is 3.16. The highest BCUT2D eigenvalue weighted by atomic mass is 35.5. The monoisotopic (exact) mass is 353 g/mol. The van der Waals surface area contributed by atoms with Crippen LogP contribution in [0.3, 0.4) is 0 Å². The minimum Gasteiger partial charge on any atom is -0.491 e. The minimum atomic E-state index is 0.245. The normalized spacial score (nSPS) is 23.9. The Morgan fingerprint density at radius 2 is 2.04 bits per heavy atom. The van der Waals surface area contributed by atoms with E-state index in [1.807, 2.05) is 12.1 Å². The number of rotatable bonds is 4. The van der Waals surface area contributed by atoms with Crippen LogP contribution in [0.5, 0.6) is 5.75 Å². The van der Waals surface area contributed by atoms with E-state index >= 15 is 0 Å². The zero-order valence-electron chi connectivity index (χ0n) is 14.7. The fourth-order valence-corrected chi connectivity index (χ4v) is 4.20. The first-order chi connectivity index (χ1) is 12.1. The summed E-state index contributed by atoms with van der Waals surface area (Å²) in [4.78, 5) is 0. The average Bonchev–Trinajstić information content (AvgIpc) is 3.09. The van der Waals surface area contributed by atoms with Crippen molar-refractivity contribution in [1.29, 1.82) is 0 Å². The zero-order chi connectivity index (χ0) is 17.4. The Morgan fingerprint density at radius 1 is 1.20 bits per heavy atom. The molecule has 1 N–H and O–H groups in total. The summed E-state index contributed by atoms with van der Waals surface area (Å²) in [6.45, 7) is 5.07. The molecule has 3 atom stereocenters. The standard InChI is InChI=1S/C22H24ClNO/c1-14(2)13-25-20-11-5-10-19-17-8-4-9-18(17)21(24-22(19)20)15-6-3-7-16(23)12-15/h3-8,10-12,14,17-18,21,24H,9,13H2,1-2H3. The SMILES string of the molecule is CC(C)COc1cccc2c1NC(c1cccc(Cl)c1)C1CC=CC21. The number of para-hydroxylation sites is 1. The van der Waals surface area contributed by atoms with Gasteiger partial charge in [0.15, 0.2) is 0 Å². The maximum absolute atomic E-state index is 6.25. The van der Waals surface area contributed by atoms with Crippen LogP contribution in [0.15, 0.2) is 54.6 Å². The van der Waals surface area contributed by atoms with Crippen molar-refractivity contribution < 1.29 is 4.74 Å². The van der Waals surface area contributed by atoms with Gasteiger partial charge in [-0.3, -0.25) is 0 Å². The van der Waals surface area contributed by atoms with Crippen molar-refractivity contribution in [3.8, 4) is 5.75 Å². The average molecular weight is 354 g/mol. The molecular formula is C22H24ClNO. The Balaban J connectivity index is 1.74. The van der Waals surface area contributed by atoms with Gasteiger partial charge in [0.2, 0.25) is 0 Å². The molecule has 0 saturated heterocycles. The molecule has 1 aliphatic carbocycles. The fraction of sp³-hybridized carbons (Fsp3) is 0.364. The van der Waals surface area contributed by atoms with Crippen molar-refractivity contribution >= 4 is 17.3 Å². The van der Waals surface area contributed by atoms with Crippen LogP contribution < -0.4 is 10.1 Å². The number of hydrogen-bond donors (Lipinski definition) is 1. The lowest BCUT2D eigenvalue weighted by Gasteiger charge is -2.38. The topological polar surface area (TPSA) is 21.3 Å². The highest BCUT2D eigenvalue weighted by Crippen LogP contribution is 2.52. The Bertz CT molecular complexity index is 798. The number of anilines is 1. The zero-order valence-corrected chi connectivity index (χ0v) is 15.5. The molecule has 0 aromatic heterocycles. The highest BCUT2D eigenvalue weighted by Gasteiger charge is 2.39. The molecule has 2 aromatic rings. The second kappa shape index (κ2) is 6.76. The Labute approximate surface area is 154 Å². The van der Waals surface area contributed by atoms with Crippen molar-refractivity contribution in [2.24, 2.45) is 11.8 Å². The van der Waals surface area contributed by atoms with E-state index in [1.165, 1.54) is 11.1 Å². The summed E-state index contributed by atoms with van der Waals surface area (Å²) < 4.78 is 6.11. The molecule has 2 nitrogen and oxygen atoms in total. The van der Waals surface area contributed by atoms with Crippen LogP contribution in [0.2, 0.25) is 5.02 Å². The molecule has 1 heterocycles. The molecule has 2 aliphatic rings. The number of hydrogen-bond acceptors (Lipinski definition) is 2. The van der Waals surface area contributed by atoms with Crippen molar-refractivity contribution in [1.82, 2.24) is 0 Å². The van der Waals surface area contributed by atoms with Gasteiger partial charge in [0.05, 0.1) is 18.3 Å². The second-order valence-corrected chi connectivity index (χ2v) is 7.89. The number of fused-ring (bicyclic) bond motifs is 3. The smallest absolute Gasteiger partial charge is 0.142 e. The molecule has 0 radical (unpaired) electrons.